The van der Waals surface area contributed by atoms with Crippen LogP contribution < -0.4 is 10.6 Å². The molecule has 1 atom stereocenters. The van der Waals surface area contributed by atoms with Gasteiger partial charge < -0.3 is 4.57 Å². The van der Waals surface area contributed by atoms with Gasteiger partial charge >= 0.3 is 56.5 Å². The average Bonchev–Trinajstić information content (AvgIpc) is 3.31. The summed E-state index contributed by atoms with van der Waals surface area (Å²) in [5.74, 6) is 0. The van der Waals surface area contributed by atoms with Crippen LogP contribution in [0.2, 0.25) is 0 Å². The molecule has 6 nitrogen and oxygen atoms in total. The Labute approximate surface area is 179 Å². The zero-order valence-corrected chi connectivity index (χ0v) is 18.7. The van der Waals surface area contributed by atoms with E-state index in [9.17, 15) is 0 Å². The summed E-state index contributed by atoms with van der Waals surface area (Å²) < 4.78 is 39.9. The Morgan fingerprint density at radius 3 is 1.75 bits per heavy atom. The number of rotatable bonds is 0. The van der Waals surface area contributed by atoms with Gasteiger partial charge in [-0.1, -0.05) is 24.3 Å². The van der Waals surface area contributed by atoms with Gasteiger partial charge in [0.1, 0.15) is 10.6 Å². The maximum Gasteiger partial charge on any atom is 0 e. The number of fused-ring (bicyclic) bond motifs is 5. The SMILES string of the molecule is Cn1c2c(c3ccccc31)[PH2+]c1ccccc1-2.[C-]#[O+].[C-]#[O+].[C-]#[O+].[C-]#[O+].[C-]#[O+].[W]. The molecule has 28 heavy (non-hydrogen) atoms. The minimum Gasteiger partial charge on any atom is 0 e. The number of hydrogen-bond donors (Lipinski definition) is 0. The van der Waals surface area contributed by atoms with Crippen LogP contribution in [-0.4, -0.2) is 4.57 Å². The monoisotopic (exact) mass is 562 g/mol. The van der Waals surface area contributed by atoms with E-state index in [1.165, 1.54) is 22.2 Å². The number of benzene rings is 2. The van der Waals surface area contributed by atoms with Crippen molar-refractivity contribution in [3.8, 4) is 11.3 Å². The van der Waals surface area contributed by atoms with Crippen LogP contribution in [0, 0.1) is 33.3 Å². The fraction of sp³-hybridized carbons (Fsp3) is 0.0500. The molecule has 0 saturated heterocycles. The van der Waals surface area contributed by atoms with Gasteiger partial charge in [0, 0.05) is 39.1 Å². The molecular formula is C20H13NO5PW+. The standard InChI is InChI=1S/C15H12NP.5CO.W/c1-16-12-8-4-2-6-10(12)15-14(16)11-7-3-5-9-13(11)17-15;5*1-2;/h2-9,17H,1H3;;;;;;/p+1. The topological polar surface area (TPSA) is 104 Å². The van der Waals surface area contributed by atoms with Crippen LogP contribution in [0.25, 0.3) is 22.2 Å². The summed E-state index contributed by atoms with van der Waals surface area (Å²) >= 11 is 0. The number of hydrogen-bond acceptors (Lipinski definition) is 0. The summed E-state index contributed by atoms with van der Waals surface area (Å²) in [4.78, 5) is 0. The van der Waals surface area contributed by atoms with Crippen LogP contribution in [0.5, 0.6) is 0 Å². The van der Waals surface area contributed by atoms with E-state index in [1.807, 2.05) is 0 Å². The van der Waals surface area contributed by atoms with E-state index in [-0.39, 0.29) is 29.6 Å². The molecule has 0 bridgehead atoms. The predicted molar refractivity (Wildman–Crippen MR) is 97.0 cm³/mol. The maximum absolute atomic E-state index is 7.50. The van der Waals surface area contributed by atoms with Crippen molar-refractivity contribution < 1.29 is 44.3 Å². The number of para-hydroxylation sites is 1. The quantitative estimate of drug-likeness (QED) is 0.179. The van der Waals surface area contributed by atoms with Crippen molar-refractivity contribution in [3.05, 3.63) is 81.8 Å². The second-order valence-electron chi connectivity index (χ2n) is 4.57. The molecule has 1 aliphatic heterocycles. The van der Waals surface area contributed by atoms with Gasteiger partial charge in [-0.2, -0.15) is 0 Å². The molecule has 0 amide bonds. The third-order valence-corrected chi connectivity index (χ3v) is 5.35. The zero-order chi connectivity index (χ0) is 21.4. The van der Waals surface area contributed by atoms with E-state index < -0.39 is 0 Å². The van der Waals surface area contributed by atoms with Crippen molar-refractivity contribution in [1.29, 1.82) is 0 Å². The van der Waals surface area contributed by atoms with E-state index in [1.54, 1.807) is 10.6 Å². The van der Waals surface area contributed by atoms with Crippen molar-refractivity contribution in [2.75, 3.05) is 0 Å². The van der Waals surface area contributed by atoms with Crippen LogP contribution in [0.15, 0.2) is 48.5 Å². The normalized spacial score (nSPS) is 8.96. The second kappa shape index (κ2) is 18.2. The van der Waals surface area contributed by atoms with Gasteiger partial charge in [-0.25, -0.2) is 0 Å². The van der Waals surface area contributed by atoms with Gasteiger partial charge in [-0.15, -0.1) is 0 Å². The minimum absolute atomic E-state index is 0. The van der Waals surface area contributed by atoms with Crippen LogP contribution in [0.4, 0.5) is 0 Å². The number of nitrogens with zero attached hydrogens (tertiary/aromatic N) is 1. The van der Waals surface area contributed by atoms with Crippen LogP contribution in [-0.2, 0) is 51.4 Å². The minimum atomic E-state index is 0. The zero-order valence-electron chi connectivity index (χ0n) is 14.6. The number of aromatic nitrogens is 1. The van der Waals surface area contributed by atoms with Gasteiger partial charge in [0.05, 0.1) is 19.8 Å². The molecule has 138 valence electrons. The summed E-state index contributed by atoms with van der Waals surface area (Å²) in [7, 11) is 2.44. The third kappa shape index (κ3) is 6.45. The molecule has 0 saturated carbocycles. The summed E-state index contributed by atoms with van der Waals surface area (Å²) in [5, 5.41) is 4.55. The van der Waals surface area contributed by atoms with E-state index in [4.69, 9.17) is 23.3 Å². The first-order chi connectivity index (χ1) is 13.4. The van der Waals surface area contributed by atoms with Gasteiger partial charge in [0.25, 0.3) is 0 Å². The Morgan fingerprint density at radius 2 is 1.18 bits per heavy atom. The van der Waals surface area contributed by atoms with E-state index in [0.717, 1.165) is 0 Å². The Hall–Kier alpha value is -2.20. The Balaban J connectivity index is -0.000000503. The second-order valence-corrected chi connectivity index (χ2v) is 6.06. The molecule has 1 aliphatic rings. The first-order valence-corrected chi connectivity index (χ1v) is 8.05. The number of aryl methyl sites for hydroxylation is 1. The molecule has 2 heterocycles. The predicted octanol–water partition coefficient (Wildman–Crippen LogP) is 2.33. The molecule has 1 aromatic heterocycles. The van der Waals surface area contributed by atoms with Gasteiger partial charge in [0.15, 0.2) is 0 Å². The fourth-order valence-electron chi connectivity index (χ4n) is 2.89. The molecular weight excluding hydrogens is 549 g/mol. The van der Waals surface area contributed by atoms with E-state index in [0.29, 0.717) is 0 Å². The molecule has 4 rings (SSSR count). The molecule has 1 unspecified atom stereocenters. The maximum atomic E-state index is 7.50. The summed E-state index contributed by atoms with van der Waals surface area (Å²) in [6, 6.07) is 17.6. The summed E-state index contributed by atoms with van der Waals surface area (Å²) in [6.07, 6.45) is 0. The first-order valence-electron chi connectivity index (χ1n) is 6.90. The largest absolute Gasteiger partial charge is 0 e. The molecule has 2 aromatic carbocycles. The van der Waals surface area contributed by atoms with Crippen molar-refractivity contribution in [3.63, 3.8) is 0 Å². The van der Waals surface area contributed by atoms with Crippen molar-refractivity contribution in [1.82, 2.24) is 4.57 Å². The van der Waals surface area contributed by atoms with Crippen molar-refractivity contribution in [2.24, 2.45) is 7.05 Å². The van der Waals surface area contributed by atoms with Crippen LogP contribution in [0.3, 0.4) is 0 Å². The molecule has 0 aliphatic carbocycles. The fourth-order valence-corrected chi connectivity index (χ4v) is 4.68. The molecule has 0 N–H and O–H groups in total. The molecule has 0 fully saturated rings. The Morgan fingerprint density at radius 1 is 0.714 bits per heavy atom. The Bertz CT molecular complexity index is 935. The van der Waals surface area contributed by atoms with Crippen molar-refractivity contribution in [2.45, 2.75) is 0 Å². The Kier molecular flexibility index (Phi) is 19.8. The average molecular weight is 562 g/mol. The first kappa shape index (κ1) is 30.5. The summed E-state index contributed by atoms with van der Waals surface area (Å²) in [6.45, 7) is 22.5. The van der Waals surface area contributed by atoms with Gasteiger partial charge in [-0.3, -0.25) is 0 Å². The van der Waals surface area contributed by atoms with E-state index >= 15 is 0 Å². The van der Waals surface area contributed by atoms with Crippen LogP contribution in [0.1, 0.15) is 0 Å². The molecule has 8 heteroatoms. The van der Waals surface area contributed by atoms with Crippen molar-refractivity contribution >= 4 is 30.1 Å². The summed E-state index contributed by atoms with van der Waals surface area (Å²) in [5.41, 5.74) is 4.24. The van der Waals surface area contributed by atoms with Gasteiger partial charge in [0.2, 0.25) is 0 Å². The third-order valence-electron chi connectivity index (χ3n) is 3.66. The smallest absolute Gasteiger partial charge is 0 e. The van der Waals surface area contributed by atoms with Crippen LogP contribution >= 0.6 is 8.58 Å². The molecule has 3 aromatic rings. The van der Waals surface area contributed by atoms with Gasteiger partial charge in [-0.05, 0) is 24.3 Å². The van der Waals surface area contributed by atoms with E-state index in [2.05, 4.69) is 93.4 Å². The molecule has 0 radical (unpaired) electrons. The molecule has 0 spiro atoms.